The van der Waals surface area contributed by atoms with Crippen molar-refractivity contribution in [1.29, 1.82) is 0 Å². The number of aryl methyl sites for hydroxylation is 1. The minimum absolute atomic E-state index is 0.226. The molecule has 0 radical (unpaired) electrons. The molecular formula is C34H48F2N10OS. The molecule has 0 saturated carbocycles. The molecule has 2 aliphatic heterocycles. The van der Waals surface area contributed by atoms with Crippen molar-refractivity contribution in [1.82, 2.24) is 38.6 Å². The van der Waals surface area contributed by atoms with Gasteiger partial charge in [0.05, 0.1) is 41.7 Å². The summed E-state index contributed by atoms with van der Waals surface area (Å²) in [4.78, 5) is 19.4. The van der Waals surface area contributed by atoms with Crippen molar-refractivity contribution in [2.75, 3.05) is 38.8 Å². The van der Waals surface area contributed by atoms with Crippen molar-refractivity contribution >= 4 is 28.9 Å². The summed E-state index contributed by atoms with van der Waals surface area (Å²) in [6, 6.07) is 1.91. The molecule has 4 aromatic rings. The lowest BCUT2D eigenvalue weighted by molar-refractivity contribution is 0.0964. The van der Waals surface area contributed by atoms with Crippen molar-refractivity contribution < 1.29 is 13.5 Å². The van der Waals surface area contributed by atoms with Crippen molar-refractivity contribution in [2.45, 2.75) is 73.3 Å². The van der Waals surface area contributed by atoms with Gasteiger partial charge in [-0.05, 0) is 70.2 Å². The number of aromatic amines is 1. The summed E-state index contributed by atoms with van der Waals surface area (Å²) in [5.74, 6) is 2.16. The van der Waals surface area contributed by atoms with E-state index < -0.39 is 6.67 Å². The fourth-order valence-electron chi connectivity index (χ4n) is 5.51. The monoisotopic (exact) mass is 682 g/mol. The van der Waals surface area contributed by atoms with Crippen LogP contribution in [0.3, 0.4) is 0 Å². The van der Waals surface area contributed by atoms with Crippen LogP contribution in [0.5, 0.6) is 0 Å². The second-order valence-corrected chi connectivity index (χ2v) is 12.2. The molecule has 48 heavy (non-hydrogen) atoms. The van der Waals surface area contributed by atoms with Crippen molar-refractivity contribution in [3.05, 3.63) is 71.2 Å². The van der Waals surface area contributed by atoms with E-state index in [1.807, 2.05) is 52.5 Å². The van der Waals surface area contributed by atoms with Gasteiger partial charge in [-0.15, -0.1) is 0 Å². The first-order chi connectivity index (χ1) is 23.4. The Bertz CT molecular complexity index is 1640. The standard InChI is InChI=1S/C28H35FN10OS.C4H7F.C2H6/c1-18-13-39-25(21-10-32-38(14-21)16-26-33-19(2)23(9-29)34-26)12-31-28(39)24(11-30-18)35-27-8-22(36-41-27)15-37-6-4-20(5-7-37)17-40-3;1-2-3-4-5;1-2/h8,10-14,20,24,35H,4-7,9,15-17H2,1-3H3,(H,33,34);2-3H,4H2,1H3;1-2H3/b;3-2-;. The van der Waals surface area contributed by atoms with E-state index in [-0.39, 0.29) is 12.7 Å². The average molecular weight is 683 g/mol. The number of ether oxygens (including phenoxy) is 1. The smallest absolute Gasteiger partial charge is 0.141 e. The number of rotatable bonds is 11. The molecule has 6 heterocycles. The summed E-state index contributed by atoms with van der Waals surface area (Å²) in [7, 11) is 1.78. The third-order valence-corrected chi connectivity index (χ3v) is 8.68. The van der Waals surface area contributed by atoms with E-state index in [2.05, 4.69) is 40.9 Å². The highest BCUT2D eigenvalue weighted by Gasteiger charge is 2.23. The van der Waals surface area contributed by atoms with E-state index in [1.165, 1.54) is 30.5 Å². The predicted molar refractivity (Wildman–Crippen MR) is 190 cm³/mol. The van der Waals surface area contributed by atoms with Gasteiger partial charge in [0, 0.05) is 50.1 Å². The van der Waals surface area contributed by atoms with E-state index in [1.54, 1.807) is 31.0 Å². The number of H-pyrrole nitrogens is 1. The number of piperidine rings is 1. The molecule has 1 unspecified atom stereocenters. The zero-order valence-electron chi connectivity index (χ0n) is 28.8. The largest absolute Gasteiger partial charge is 0.384 e. The third-order valence-electron chi connectivity index (χ3n) is 7.93. The van der Waals surface area contributed by atoms with E-state index in [9.17, 15) is 8.78 Å². The van der Waals surface area contributed by atoms with Crippen molar-refractivity contribution in [3.63, 3.8) is 0 Å². The Balaban J connectivity index is 0.000000682. The number of halogens is 2. The SMILES string of the molecule is C/C=C\CF.CC.COCC1CCN(Cc2cc(NC3C=NC(C)=Cn4c(-c5cnn(Cc6nc(CF)c(C)[nH]6)c5)cnc43)sn2)CC1. The van der Waals surface area contributed by atoms with Gasteiger partial charge in [-0.3, -0.25) is 19.1 Å². The van der Waals surface area contributed by atoms with Gasteiger partial charge in [-0.25, -0.2) is 18.7 Å². The molecule has 0 bridgehead atoms. The van der Waals surface area contributed by atoms with Crippen LogP contribution in [0.1, 0.15) is 75.3 Å². The Morgan fingerprint density at radius 3 is 2.60 bits per heavy atom. The van der Waals surface area contributed by atoms with Crippen LogP contribution in [0.25, 0.3) is 17.5 Å². The van der Waals surface area contributed by atoms with Crippen LogP contribution >= 0.6 is 11.5 Å². The van der Waals surface area contributed by atoms with Gasteiger partial charge in [-0.1, -0.05) is 26.0 Å². The molecule has 4 aromatic heterocycles. The third kappa shape index (κ3) is 9.77. The van der Waals surface area contributed by atoms with Gasteiger partial charge >= 0.3 is 0 Å². The number of methoxy groups -OCH3 is 1. The van der Waals surface area contributed by atoms with E-state index in [4.69, 9.17) is 14.1 Å². The average Bonchev–Trinajstić information content (AvgIpc) is 3.88. The van der Waals surface area contributed by atoms with Crippen LogP contribution in [0.2, 0.25) is 0 Å². The first-order valence-corrected chi connectivity index (χ1v) is 17.2. The first kappa shape index (κ1) is 36.8. The van der Waals surface area contributed by atoms with Crippen LogP contribution < -0.4 is 5.32 Å². The number of aromatic nitrogens is 7. The van der Waals surface area contributed by atoms with Crippen LogP contribution in [0, 0.1) is 12.8 Å². The molecule has 0 aromatic carbocycles. The van der Waals surface area contributed by atoms with Gasteiger partial charge in [0.1, 0.15) is 36.0 Å². The minimum Gasteiger partial charge on any atom is -0.384 e. The second kappa shape index (κ2) is 18.5. The number of likely N-dealkylation sites (tertiary alicyclic amines) is 1. The van der Waals surface area contributed by atoms with E-state index >= 15 is 0 Å². The zero-order valence-corrected chi connectivity index (χ0v) is 29.6. The summed E-state index contributed by atoms with van der Waals surface area (Å²) in [5.41, 5.74) is 4.94. The maximum absolute atomic E-state index is 13.1. The van der Waals surface area contributed by atoms with Gasteiger partial charge in [0.25, 0.3) is 0 Å². The first-order valence-electron chi connectivity index (χ1n) is 16.4. The number of imidazole rings is 2. The fourth-order valence-corrected chi connectivity index (χ4v) is 6.21. The zero-order chi connectivity index (χ0) is 34.5. The quantitative estimate of drug-likeness (QED) is 0.161. The number of nitrogens with zero attached hydrogens (tertiary/aromatic N) is 8. The lowest BCUT2D eigenvalue weighted by atomic mass is 9.98. The summed E-state index contributed by atoms with van der Waals surface area (Å²) >= 11 is 1.47. The van der Waals surface area contributed by atoms with Crippen LogP contribution in [-0.2, 0) is 24.5 Å². The van der Waals surface area contributed by atoms with Gasteiger partial charge in [-0.2, -0.15) is 9.47 Å². The number of hydrogen-bond acceptors (Lipinski definition) is 9. The molecular weight excluding hydrogens is 635 g/mol. The molecule has 2 aliphatic rings. The maximum Gasteiger partial charge on any atom is 0.141 e. The molecule has 14 heteroatoms. The Morgan fingerprint density at radius 1 is 1.15 bits per heavy atom. The Labute approximate surface area is 286 Å². The molecule has 1 fully saturated rings. The molecule has 1 atom stereocenters. The highest BCUT2D eigenvalue weighted by atomic mass is 32.1. The number of alkyl halides is 2. The summed E-state index contributed by atoms with van der Waals surface area (Å²) in [5, 5.41) is 9.08. The number of nitrogens with one attached hydrogen (secondary N) is 2. The molecule has 0 amide bonds. The highest BCUT2D eigenvalue weighted by Crippen LogP contribution is 2.30. The van der Waals surface area contributed by atoms with Crippen LogP contribution in [0.4, 0.5) is 13.8 Å². The van der Waals surface area contributed by atoms with Gasteiger partial charge in [0.2, 0.25) is 0 Å². The highest BCUT2D eigenvalue weighted by molar-refractivity contribution is 7.10. The number of allylic oxidation sites excluding steroid dienone is 3. The van der Waals surface area contributed by atoms with E-state index in [0.29, 0.717) is 24.0 Å². The lowest BCUT2D eigenvalue weighted by Crippen LogP contribution is -2.34. The van der Waals surface area contributed by atoms with Crippen LogP contribution in [0.15, 0.2) is 47.5 Å². The van der Waals surface area contributed by atoms with E-state index in [0.717, 1.165) is 65.4 Å². The Kier molecular flexibility index (Phi) is 14.2. The number of anilines is 1. The molecule has 0 spiro atoms. The molecule has 2 N–H and O–H groups in total. The minimum atomic E-state index is -0.589. The topological polar surface area (TPSA) is 114 Å². The molecule has 11 nitrogen and oxygen atoms in total. The maximum atomic E-state index is 13.1. The normalized spacial score (nSPS) is 16.5. The summed E-state index contributed by atoms with van der Waals surface area (Å²) < 4.78 is 37.9. The summed E-state index contributed by atoms with van der Waals surface area (Å²) in [6.07, 6.45) is 15.0. The number of fused-ring (bicyclic) bond motifs is 1. The molecule has 0 aliphatic carbocycles. The van der Waals surface area contributed by atoms with Crippen molar-refractivity contribution in [2.24, 2.45) is 10.9 Å². The second-order valence-electron chi connectivity index (χ2n) is 11.4. The molecule has 6 rings (SSSR count). The Morgan fingerprint density at radius 2 is 1.94 bits per heavy atom. The number of hydrogen-bond donors (Lipinski definition) is 2. The summed E-state index contributed by atoms with van der Waals surface area (Å²) in [6.45, 7) is 12.9. The predicted octanol–water partition coefficient (Wildman–Crippen LogP) is 7.22. The number of aliphatic imine (C=N–C) groups is 1. The lowest BCUT2D eigenvalue weighted by Gasteiger charge is -2.30. The fraction of sp³-hybridized carbons (Fsp3) is 0.500. The molecule has 1 saturated heterocycles. The van der Waals surface area contributed by atoms with Crippen LogP contribution in [-0.4, -0.2) is 78.3 Å². The van der Waals surface area contributed by atoms with Gasteiger partial charge < -0.3 is 15.0 Å². The molecule has 260 valence electrons. The Hall–Kier alpha value is -4.01. The van der Waals surface area contributed by atoms with Gasteiger partial charge in [0.15, 0.2) is 0 Å². The van der Waals surface area contributed by atoms with Crippen molar-refractivity contribution in [3.8, 4) is 11.3 Å².